The van der Waals surface area contributed by atoms with E-state index in [0.717, 1.165) is 36.8 Å². The minimum absolute atomic E-state index is 0.0256. The van der Waals surface area contributed by atoms with Gasteiger partial charge in [0.25, 0.3) is 0 Å². The van der Waals surface area contributed by atoms with E-state index in [9.17, 15) is 4.79 Å². The van der Waals surface area contributed by atoms with Gasteiger partial charge in [0, 0.05) is 19.4 Å². The first kappa shape index (κ1) is 16.5. The molecule has 0 saturated carbocycles. The maximum atomic E-state index is 12.0. The summed E-state index contributed by atoms with van der Waals surface area (Å²) in [6.07, 6.45) is 5.69. The van der Waals surface area contributed by atoms with E-state index in [4.69, 9.17) is 4.74 Å². The monoisotopic (exact) mass is 328 g/mol. The molecule has 1 aliphatic rings. The zero-order valence-electron chi connectivity index (χ0n) is 13.9. The molecule has 0 bridgehead atoms. The fourth-order valence-electron chi connectivity index (χ4n) is 2.88. The molecule has 1 aromatic carbocycles. The topological polar surface area (TPSA) is 69.0 Å². The minimum Gasteiger partial charge on any atom is -0.494 e. The molecule has 6 heteroatoms. The number of fused-ring (bicyclic) bond motifs is 1. The molecule has 1 amide bonds. The number of nitrogens with zero attached hydrogens (tertiary/aromatic N) is 3. The van der Waals surface area contributed by atoms with Gasteiger partial charge < -0.3 is 14.6 Å². The third-order valence-corrected chi connectivity index (χ3v) is 4.19. The van der Waals surface area contributed by atoms with Crippen LogP contribution in [-0.2, 0) is 24.3 Å². The van der Waals surface area contributed by atoms with Gasteiger partial charge in [-0.1, -0.05) is 24.6 Å². The van der Waals surface area contributed by atoms with Crippen LogP contribution in [0.15, 0.2) is 30.3 Å². The molecular weight excluding hydrogens is 304 g/mol. The second kappa shape index (κ2) is 8.47. The van der Waals surface area contributed by atoms with E-state index < -0.39 is 0 Å². The summed E-state index contributed by atoms with van der Waals surface area (Å²) in [4.78, 5) is 12.0. The van der Waals surface area contributed by atoms with Gasteiger partial charge in [0.15, 0.2) is 5.82 Å². The van der Waals surface area contributed by atoms with Crippen LogP contribution in [0.1, 0.15) is 43.8 Å². The van der Waals surface area contributed by atoms with Crippen molar-refractivity contribution in [3.63, 3.8) is 0 Å². The highest BCUT2D eigenvalue weighted by atomic mass is 16.5. The Bertz CT molecular complexity index is 654. The SMILES string of the molecule is O=C(CCCOc1ccccc1)NCc1nnc2n1CCCCC2. The lowest BCUT2D eigenvalue weighted by atomic mass is 10.2. The predicted molar refractivity (Wildman–Crippen MR) is 90.6 cm³/mol. The van der Waals surface area contributed by atoms with Crippen LogP contribution in [0.25, 0.3) is 0 Å². The fourth-order valence-corrected chi connectivity index (χ4v) is 2.88. The standard InChI is InChI=1S/C18H24N4O2/c23-18(11-7-13-24-15-8-3-1-4-9-15)19-14-17-21-20-16-10-5-2-6-12-22(16)17/h1,3-4,8-9H,2,5-7,10-14H2,(H,19,23). The molecule has 0 aliphatic carbocycles. The van der Waals surface area contributed by atoms with Crippen molar-refractivity contribution in [2.75, 3.05) is 6.61 Å². The Labute approximate surface area is 142 Å². The van der Waals surface area contributed by atoms with Crippen LogP contribution in [0.2, 0.25) is 0 Å². The first-order valence-corrected chi connectivity index (χ1v) is 8.68. The first-order chi connectivity index (χ1) is 11.8. The number of carbonyl (C=O) groups is 1. The van der Waals surface area contributed by atoms with Gasteiger partial charge >= 0.3 is 0 Å². The van der Waals surface area contributed by atoms with Crippen molar-refractivity contribution in [2.45, 2.75) is 51.6 Å². The van der Waals surface area contributed by atoms with Gasteiger partial charge in [-0.3, -0.25) is 4.79 Å². The van der Waals surface area contributed by atoms with E-state index in [1.165, 1.54) is 12.8 Å². The van der Waals surface area contributed by atoms with Crippen molar-refractivity contribution in [1.29, 1.82) is 0 Å². The highest BCUT2D eigenvalue weighted by Crippen LogP contribution is 2.14. The largest absolute Gasteiger partial charge is 0.494 e. The molecule has 128 valence electrons. The highest BCUT2D eigenvalue weighted by molar-refractivity contribution is 5.75. The van der Waals surface area contributed by atoms with Crippen LogP contribution in [-0.4, -0.2) is 27.3 Å². The smallest absolute Gasteiger partial charge is 0.220 e. The Balaban J connectivity index is 1.37. The van der Waals surface area contributed by atoms with Crippen LogP contribution in [0.3, 0.4) is 0 Å². The number of carbonyl (C=O) groups excluding carboxylic acids is 1. The lowest BCUT2D eigenvalue weighted by Gasteiger charge is -2.09. The summed E-state index contributed by atoms with van der Waals surface area (Å²) >= 11 is 0. The number of aryl methyl sites for hydroxylation is 1. The lowest BCUT2D eigenvalue weighted by Crippen LogP contribution is -2.25. The van der Waals surface area contributed by atoms with Crippen LogP contribution in [0.5, 0.6) is 5.75 Å². The number of para-hydroxylation sites is 1. The summed E-state index contributed by atoms with van der Waals surface area (Å²) in [7, 11) is 0. The summed E-state index contributed by atoms with van der Waals surface area (Å²) < 4.78 is 7.75. The lowest BCUT2D eigenvalue weighted by molar-refractivity contribution is -0.121. The average molecular weight is 328 g/mol. The van der Waals surface area contributed by atoms with Gasteiger partial charge in [0.05, 0.1) is 13.2 Å². The van der Waals surface area contributed by atoms with E-state index in [2.05, 4.69) is 20.1 Å². The Morgan fingerprint density at radius 2 is 2.04 bits per heavy atom. The molecule has 0 atom stereocenters. The van der Waals surface area contributed by atoms with Gasteiger partial charge in [-0.25, -0.2) is 0 Å². The Morgan fingerprint density at radius 3 is 2.92 bits per heavy atom. The van der Waals surface area contributed by atoms with Gasteiger partial charge in [-0.2, -0.15) is 0 Å². The summed E-state index contributed by atoms with van der Waals surface area (Å²) in [5, 5.41) is 11.4. The van der Waals surface area contributed by atoms with Crippen molar-refractivity contribution in [1.82, 2.24) is 20.1 Å². The zero-order chi connectivity index (χ0) is 16.6. The molecule has 3 rings (SSSR count). The molecule has 1 aromatic heterocycles. The quantitative estimate of drug-likeness (QED) is 0.793. The molecule has 24 heavy (non-hydrogen) atoms. The number of hydrogen-bond acceptors (Lipinski definition) is 4. The number of aromatic nitrogens is 3. The van der Waals surface area contributed by atoms with Crippen molar-refractivity contribution < 1.29 is 9.53 Å². The maximum Gasteiger partial charge on any atom is 0.220 e. The molecule has 0 saturated heterocycles. The van der Waals surface area contributed by atoms with Crippen LogP contribution < -0.4 is 10.1 Å². The van der Waals surface area contributed by atoms with Gasteiger partial charge in [-0.05, 0) is 31.4 Å². The third-order valence-electron chi connectivity index (χ3n) is 4.19. The number of rotatable bonds is 7. The van der Waals surface area contributed by atoms with Gasteiger partial charge in [0.1, 0.15) is 11.6 Å². The Hall–Kier alpha value is -2.37. The van der Waals surface area contributed by atoms with Crippen molar-refractivity contribution in [2.24, 2.45) is 0 Å². The Morgan fingerprint density at radius 1 is 1.17 bits per heavy atom. The molecule has 0 spiro atoms. The summed E-state index contributed by atoms with van der Waals surface area (Å²) in [6.45, 7) is 1.95. The van der Waals surface area contributed by atoms with Crippen molar-refractivity contribution in [3.05, 3.63) is 42.0 Å². The molecule has 2 heterocycles. The third kappa shape index (κ3) is 4.57. The summed E-state index contributed by atoms with van der Waals surface area (Å²) in [5.74, 6) is 2.77. The Kier molecular flexibility index (Phi) is 5.82. The van der Waals surface area contributed by atoms with E-state index in [-0.39, 0.29) is 5.91 Å². The second-order valence-corrected chi connectivity index (χ2v) is 6.04. The molecule has 0 radical (unpaired) electrons. The minimum atomic E-state index is 0.0256. The van der Waals surface area contributed by atoms with Crippen molar-refractivity contribution in [3.8, 4) is 5.75 Å². The molecule has 2 aromatic rings. The van der Waals surface area contributed by atoms with Crippen LogP contribution in [0, 0.1) is 0 Å². The number of hydrogen-bond donors (Lipinski definition) is 1. The van der Waals surface area contributed by atoms with Gasteiger partial charge in [0.2, 0.25) is 5.91 Å². The molecule has 1 N–H and O–H groups in total. The average Bonchev–Trinajstić information content (AvgIpc) is 2.84. The number of ether oxygens (including phenoxy) is 1. The summed E-state index contributed by atoms with van der Waals surface area (Å²) in [6, 6.07) is 9.65. The van der Waals surface area contributed by atoms with Crippen LogP contribution >= 0.6 is 0 Å². The number of benzene rings is 1. The molecule has 0 fully saturated rings. The number of nitrogens with one attached hydrogen (secondary N) is 1. The predicted octanol–water partition coefficient (Wildman–Crippen LogP) is 2.48. The highest BCUT2D eigenvalue weighted by Gasteiger charge is 2.14. The van der Waals surface area contributed by atoms with E-state index in [1.807, 2.05) is 30.3 Å². The van der Waals surface area contributed by atoms with E-state index >= 15 is 0 Å². The van der Waals surface area contributed by atoms with Gasteiger partial charge in [-0.15, -0.1) is 10.2 Å². The maximum absolute atomic E-state index is 12.0. The summed E-state index contributed by atoms with van der Waals surface area (Å²) in [5.41, 5.74) is 0. The van der Waals surface area contributed by atoms with Crippen molar-refractivity contribution >= 4 is 5.91 Å². The first-order valence-electron chi connectivity index (χ1n) is 8.68. The zero-order valence-corrected chi connectivity index (χ0v) is 13.9. The molecule has 6 nitrogen and oxygen atoms in total. The number of amides is 1. The van der Waals surface area contributed by atoms with Crippen LogP contribution in [0.4, 0.5) is 0 Å². The normalized spacial score (nSPS) is 13.8. The fraction of sp³-hybridized carbons (Fsp3) is 0.500. The molecular formula is C18H24N4O2. The second-order valence-electron chi connectivity index (χ2n) is 6.04. The van der Waals surface area contributed by atoms with E-state index in [1.54, 1.807) is 0 Å². The molecule has 0 unspecified atom stereocenters. The van der Waals surface area contributed by atoms with E-state index in [0.29, 0.717) is 26.0 Å². The molecule has 1 aliphatic heterocycles.